The Labute approximate surface area is 103 Å². The molecule has 0 heteroatoms. The van der Waals surface area contributed by atoms with Gasteiger partial charge in [-0.3, -0.25) is 0 Å². The summed E-state index contributed by atoms with van der Waals surface area (Å²) in [6, 6.07) is 17.7. The summed E-state index contributed by atoms with van der Waals surface area (Å²) in [6.07, 6.45) is 1.19. The van der Waals surface area contributed by atoms with Crippen molar-refractivity contribution in [3.8, 4) is 11.1 Å². The van der Waals surface area contributed by atoms with E-state index in [1.54, 1.807) is 0 Å². The predicted octanol–water partition coefficient (Wildman–Crippen LogP) is 4.65. The minimum Gasteiger partial charge on any atom is -0.0622 e. The molecule has 2 aromatic carbocycles. The molecule has 0 fully saturated rings. The van der Waals surface area contributed by atoms with E-state index in [9.17, 15) is 0 Å². The molecule has 1 aliphatic carbocycles. The van der Waals surface area contributed by atoms with E-state index in [1.807, 2.05) is 0 Å². The zero-order valence-corrected chi connectivity index (χ0v) is 10.5. The van der Waals surface area contributed by atoms with Crippen LogP contribution in [0.15, 0.2) is 48.5 Å². The molecule has 3 rings (SSSR count). The second-order valence-corrected chi connectivity index (χ2v) is 5.30. The highest BCUT2D eigenvalue weighted by molar-refractivity contribution is 5.73. The smallest absolute Gasteiger partial charge is 0.00920 e. The van der Waals surface area contributed by atoms with Gasteiger partial charge >= 0.3 is 0 Å². The lowest BCUT2D eigenvalue weighted by Crippen LogP contribution is -2.16. The molecular weight excluding hydrogens is 204 g/mol. The van der Waals surface area contributed by atoms with E-state index in [4.69, 9.17) is 0 Å². The van der Waals surface area contributed by atoms with E-state index in [2.05, 4.69) is 62.4 Å². The number of hydrogen-bond donors (Lipinski definition) is 0. The maximum atomic E-state index is 2.33. The molecule has 0 aliphatic heterocycles. The van der Waals surface area contributed by atoms with Gasteiger partial charge in [-0.2, -0.15) is 0 Å². The second kappa shape index (κ2) is 4.03. The lowest BCUT2D eigenvalue weighted by atomic mass is 9.74. The monoisotopic (exact) mass is 222 g/mol. The molecule has 17 heavy (non-hydrogen) atoms. The Balaban J connectivity index is 2.22. The molecule has 0 saturated carbocycles. The summed E-state index contributed by atoms with van der Waals surface area (Å²) in [5.41, 5.74) is 5.90. The molecule has 1 unspecified atom stereocenters. The van der Waals surface area contributed by atoms with Gasteiger partial charge in [0, 0.05) is 0 Å². The summed E-state index contributed by atoms with van der Waals surface area (Å²) in [5.74, 6) is 1.37. The van der Waals surface area contributed by atoms with Gasteiger partial charge in [0.1, 0.15) is 0 Å². The first kappa shape index (κ1) is 10.6. The fourth-order valence-corrected chi connectivity index (χ4v) is 2.97. The summed E-state index contributed by atoms with van der Waals surface area (Å²) < 4.78 is 0. The SMILES string of the molecule is CC(C)C1Cc2ccccc2-c2ccccc21. The van der Waals surface area contributed by atoms with E-state index in [-0.39, 0.29) is 0 Å². The highest BCUT2D eigenvalue weighted by atomic mass is 14.3. The number of fused-ring (bicyclic) bond motifs is 3. The molecular formula is C17H18. The van der Waals surface area contributed by atoms with E-state index >= 15 is 0 Å². The van der Waals surface area contributed by atoms with E-state index in [0.717, 1.165) is 0 Å². The highest BCUT2D eigenvalue weighted by Gasteiger charge is 2.25. The molecule has 0 aromatic heterocycles. The lowest BCUT2D eigenvalue weighted by molar-refractivity contribution is 0.492. The minimum absolute atomic E-state index is 0.668. The Kier molecular flexibility index (Phi) is 2.51. The van der Waals surface area contributed by atoms with E-state index in [1.165, 1.54) is 28.7 Å². The van der Waals surface area contributed by atoms with Crippen LogP contribution in [0.25, 0.3) is 11.1 Å². The molecule has 1 aliphatic rings. The molecule has 0 N–H and O–H groups in total. The molecule has 86 valence electrons. The minimum atomic E-state index is 0.668. The molecule has 0 amide bonds. The van der Waals surface area contributed by atoms with Crippen LogP contribution in [0.3, 0.4) is 0 Å². The van der Waals surface area contributed by atoms with Crippen molar-refractivity contribution in [3.63, 3.8) is 0 Å². The average molecular weight is 222 g/mol. The summed E-state index contributed by atoms with van der Waals surface area (Å²) in [7, 11) is 0. The Morgan fingerprint density at radius 1 is 0.882 bits per heavy atom. The summed E-state index contributed by atoms with van der Waals surface area (Å²) in [4.78, 5) is 0. The van der Waals surface area contributed by atoms with Crippen molar-refractivity contribution in [1.29, 1.82) is 0 Å². The Morgan fingerprint density at radius 2 is 1.53 bits per heavy atom. The van der Waals surface area contributed by atoms with Gasteiger partial charge in [0.15, 0.2) is 0 Å². The molecule has 0 heterocycles. The van der Waals surface area contributed by atoms with Crippen molar-refractivity contribution in [1.82, 2.24) is 0 Å². The summed E-state index contributed by atoms with van der Waals surface area (Å²) in [6.45, 7) is 4.66. The highest BCUT2D eigenvalue weighted by Crippen LogP contribution is 2.42. The Morgan fingerprint density at radius 3 is 2.29 bits per heavy atom. The zero-order valence-electron chi connectivity index (χ0n) is 10.5. The van der Waals surface area contributed by atoms with Gasteiger partial charge in [-0.15, -0.1) is 0 Å². The van der Waals surface area contributed by atoms with E-state index in [0.29, 0.717) is 11.8 Å². The fourth-order valence-electron chi connectivity index (χ4n) is 2.97. The number of rotatable bonds is 1. The van der Waals surface area contributed by atoms with Gasteiger partial charge in [0.05, 0.1) is 0 Å². The van der Waals surface area contributed by atoms with Gasteiger partial charge in [-0.25, -0.2) is 0 Å². The van der Waals surface area contributed by atoms with Crippen LogP contribution in [-0.2, 0) is 6.42 Å². The van der Waals surface area contributed by atoms with Crippen LogP contribution in [0.1, 0.15) is 30.9 Å². The first-order valence-electron chi connectivity index (χ1n) is 6.44. The van der Waals surface area contributed by atoms with Gasteiger partial charge in [0.2, 0.25) is 0 Å². The van der Waals surface area contributed by atoms with Crippen LogP contribution >= 0.6 is 0 Å². The van der Waals surface area contributed by atoms with Crippen LogP contribution in [0.4, 0.5) is 0 Å². The number of hydrogen-bond acceptors (Lipinski definition) is 0. The van der Waals surface area contributed by atoms with Gasteiger partial charge in [-0.05, 0) is 40.5 Å². The Bertz CT molecular complexity index is 537. The number of benzene rings is 2. The van der Waals surface area contributed by atoms with Crippen molar-refractivity contribution in [2.75, 3.05) is 0 Å². The van der Waals surface area contributed by atoms with Crippen molar-refractivity contribution >= 4 is 0 Å². The molecule has 0 saturated heterocycles. The third-order valence-electron chi connectivity index (χ3n) is 3.91. The lowest BCUT2D eigenvalue weighted by Gasteiger charge is -2.30. The topological polar surface area (TPSA) is 0 Å². The fraction of sp³-hybridized carbons (Fsp3) is 0.294. The normalized spacial score (nSPS) is 17.7. The standard InChI is InChI=1S/C17H18/c1-12(2)17-11-13-7-3-4-8-14(13)15-9-5-6-10-16(15)17/h3-10,12,17H,11H2,1-2H3. The third kappa shape index (κ3) is 1.68. The van der Waals surface area contributed by atoms with Gasteiger partial charge in [-0.1, -0.05) is 62.4 Å². The molecule has 0 radical (unpaired) electrons. The van der Waals surface area contributed by atoms with Gasteiger partial charge < -0.3 is 0 Å². The quantitative estimate of drug-likeness (QED) is 0.659. The maximum Gasteiger partial charge on any atom is -0.00920 e. The van der Waals surface area contributed by atoms with Crippen LogP contribution in [-0.4, -0.2) is 0 Å². The summed E-state index contributed by atoms with van der Waals surface area (Å²) >= 11 is 0. The first-order valence-corrected chi connectivity index (χ1v) is 6.44. The maximum absolute atomic E-state index is 2.33. The first-order chi connectivity index (χ1) is 8.27. The largest absolute Gasteiger partial charge is 0.0622 e. The average Bonchev–Trinajstić information content (AvgIpc) is 2.37. The third-order valence-corrected chi connectivity index (χ3v) is 3.91. The van der Waals surface area contributed by atoms with Crippen LogP contribution < -0.4 is 0 Å². The van der Waals surface area contributed by atoms with E-state index < -0.39 is 0 Å². The van der Waals surface area contributed by atoms with Crippen LogP contribution in [0.5, 0.6) is 0 Å². The molecule has 0 spiro atoms. The van der Waals surface area contributed by atoms with Crippen LogP contribution in [0.2, 0.25) is 0 Å². The Hall–Kier alpha value is -1.56. The van der Waals surface area contributed by atoms with Gasteiger partial charge in [0.25, 0.3) is 0 Å². The van der Waals surface area contributed by atoms with Crippen molar-refractivity contribution in [3.05, 3.63) is 59.7 Å². The molecule has 0 bridgehead atoms. The molecule has 0 nitrogen and oxygen atoms in total. The van der Waals surface area contributed by atoms with Crippen molar-refractivity contribution in [2.24, 2.45) is 5.92 Å². The second-order valence-electron chi connectivity index (χ2n) is 5.30. The van der Waals surface area contributed by atoms with Crippen molar-refractivity contribution < 1.29 is 0 Å². The molecule has 2 aromatic rings. The molecule has 1 atom stereocenters. The summed E-state index contributed by atoms with van der Waals surface area (Å²) in [5, 5.41) is 0. The van der Waals surface area contributed by atoms with Crippen molar-refractivity contribution in [2.45, 2.75) is 26.2 Å². The zero-order chi connectivity index (χ0) is 11.8. The van der Waals surface area contributed by atoms with Crippen LogP contribution in [0, 0.1) is 5.92 Å². The predicted molar refractivity (Wildman–Crippen MR) is 73.2 cm³/mol.